The molecule has 0 spiro atoms. The molecule has 0 N–H and O–H groups in total. The van der Waals surface area contributed by atoms with Gasteiger partial charge in [0.15, 0.2) is 0 Å². The second kappa shape index (κ2) is 6.83. The molecule has 1 saturated carbocycles. The molecular formula is C17H18N2O2S. The number of nitro groups is 1. The van der Waals surface area contributed by atoms with Gasteiger partial charge in [-0.25, -0.2) is 4.98 Å². The first-order valence-corrected chi connectivity index (χ1v) is 8.48. The minimum Gasteiger partial charge on any atom is -0.258 e. The summed E-state index contributed by atoms with van der Waals surface area (Å²) in [4.78, 5) is 15.1. The summed E-state index contributed by atoms with van der Waals surface area (Å²) in [5.41, 5.74) is 2.15. The standard InChI is InChI=1S/C17H18N2O2S/c20-19(21)15-8-4-5-13(11-15)9-10-17-18-16(12-22-17)14-6-2-1-3-7-14/h4-5,8-12,14H,1-3,6-7H2/b10-9+. The van der Waals surface area contributed by atoms with Crippen LogP contribution in [0.25, 0.3) is 12.2 Å². The molecular weight excluding hydrogens is 296 g/mol. The van der Waals surface area contributed by atoms with Gasteiger partial charge in [-0.05, 0) is 24.5 Å². The predicted octanol–water partition coefficient (Wildman–Crippen LogP) is 5.27. The maximum Gasteiger partial charge on any atom is 0.270 e. The van der Waals surface area contributed by atoms with Crippen LogP contribution < -0.4 is 0 Å². The first kappa shape index (κ1) is 14.9. The third-order valence-electron chi connectivity index (χ3n) is 4.06. The summed E-state index contributed by atoms with van der Waals surface area (Å²) in [5, 5.41) is 13.9. The Morgan fingerprint density at radius 3 is 2.82 bits per heavy atom. The Morgan fingerprint density at radius 2 is 2.05 bits per heavy atom. The van der Waals surface area contributed by atoms with Crippen LogP contribution in [0.15, 0.2) is 29.6 Å². The topological polar surface area (TPSA) is 56.0 Å². The van der Waals surface area contributed by atoms with Gasteiger partial charge in [-0.1, -0.05) is 37.5 Å². The Bertz CT molecular complexity index is 687. The second-order valence-electron chi connectivity index (χ2n) is 5.63. The molecule has 22 heavy (non-hydrogen) atoms. The number of benzene rings is 1. The summed E-state index contributed by atoms with van der Waals surface area (Å²) in [6.07, 6.45) is 10.3. The fraction of sp³-hybridized carbons (Fsp3) is 0.353. The average Bonchev–Trinajstić information content (AvgIpc) is 3.03. The first-order chi connectivity index (χ1) is 10.7. The number of nitrogens with zero attached hydrogens (tertiary/aromatic N) is 2. The van der Waals surface area contributed by atoms with E-state index < -0.39 is 0 Å². The first-order valence-electron chi connectivity index (χ1n) is 7.60. The van der Waals surface area contributed by atoms with Gasteiger partial charge in [0, 0.05) is 23.4 Å². The monoisotopic (exact) mass is 314 g/mol. The van der Waals surface area contributed by atoms with E-state index in [1.54, 1.807) is 23.5 Å². The zero-order chi connectivity index (χ0) is 15.4. The molecule has 5 heteroatoms. The number of hydrogen-bond acceptors (Lipinski definition) is 4. The molecule has 4 nitrogen and oxygen atoms in total. The SMILES string of the molecule is O=[N+]([O-])c1cccc(/C=C/c2nc(C3CCCCC3)cs2)c1. The highest BCUT2D eigenvalue weighted by atomic mass is 32.1. The van der Waals surface area contributed by atoms with E-state index in [2.05, 4.69) is 5.38 Å². The number of thiazole rings is 1. The van der Waals surface area contributed by atoms with Crippen molar-refractivity contribution < 1.29 is 4.92 Å². The number of nitro benzene ring substituents is 1. The van der Waals surface area contributed by atoms with Gasteiger partial charge in [-0.15, -0.1) is 11.3 Å². The summed E-state index contributed by atoms with van der Waals surface area (Å²) in [5.74, 6) is 0.616. The van der Waals surface area contributed by atoms with Gasteiger partial charge in [0.1, 0.15) is 5.01 Å². The van der Waals surface area contributed by atoms with Crippen LogP contribution >= 0.6 is 11.3 Å². The Labute approximate surface area is 133 Å². The Morgan fingerprint density at radius 1 is 1.23 bits per heavy atom. The van der Waals surface area contributed by atoms with Crippen molar-refractivity contribution in [3.8, 4) is 0 Å². The van der Waals surface area contributed by atoms with Crippen molar-refractivity contribution in [3.63, 3.8) is 0 Å². The maximum atomic E-state index is 10.8. The molecule has 0 saturated heterocycles. The molecule has 0 atom stereocenters. The van der Waals surface area contributed by atoms with Crippen molar-refractivity contribution in [1.82, 2.24) is 4.98 Å². The summed E-state index contributed by atoms with van der Waals surface area (Å²) < 4.78 is 0. The lowest BCUT2D eigenvalue weighted by Gasteiger charge is -2.19. The molecule has 1 aliphatic carbocycles. The summed E-state index contributed by atoms with van der Waals surface area (Å²) in [7, 11) is 0. The average molecular weight is 314 g/mol. The fourth-order valence-corrected chi connectivity index (χ4v) is 3.66. The van der Waals surface area contributed by atoms with E-state index in [0.717, 1.165) is 10.6 Å². The molecule has 1 aliphatic rings. The lowest BCUT2D eigenvalue weighted by Crippen LogP contribution is -2.04. The third-order valence-corrected chi connectivity index (χ3v) is 4.89. The van der Waals surface area contributed by atoms with Crippen LogP contribution in [-0.4, -0.2) is 9.91 Å². The normalized spacial score (nSPS) is 16.2. The van der Waals surface area contributed by atoms with E-state index in [0.29, 0.717) is 5.92 Å². The quantitative estimate of drug-likeness (QED) is 0.570. The second-order valence-corrected chi connectivity index (χ2v) is 6.52. The van der Waals surface area contributed by atoms with Gasteiger partial charge >= 0.3 is 0 Å². The van der Waals surface area contributed by atoms with Gasteiger partial charge in [0.05, 0.1) is 10.6 Å². The maximum absolute atomic E-state index is 10.8. The van der Waals surface area contributed by atoms with E-state index in [4.69, 9.17) is 4.98 Å². The molecule has 0 aliphatic heterocycles. The number of rotatable bonds is 4. The van der Waals surface area contributed by atoms with E-state index >= 15 is 0 Å². The summed E-state index contributed by atoms with van der Waals surface area (Å²) >= 11 is 1.64. The van der Waals surface area contributed by atoms with Crippen molar-refractivity contribution >= 4 is 29.2 Å². The number of aromatic nitrogens is 1. The molecule has 1 aromatic heterocycles. The van der Waals surface area contributed by atoms with Crippen LogP contribution in [-0.2, 0) is 0 Å². The zero-order valence-corrected chi connectivity index (χ0v) is 13.1. The highest BCUT2D eigenvalue weighted by molar-refractivity contribution is 7.10. The number of hydrogen-bond donors (Lipinski definition) is 0. The predicted molar refractivity (Wildman–Crippen MR) is 90.0 cm³/mol. The Kier molecular flexibility index (Phi) is 4.63. The van der Waals surface area contributed by atoms with Gasteiger partial charge in [-0.2, -0.15) is 0 Å². The molecule has 0 unspecified atom stereocenters. The van der Waals surface area contributed by atoms with Gasteiger partial charge in [0.25, 0.3) is 5.69 Å². The molecule has 0 amide bonds. The highest BCUT2D eigenvalue weighted by Crippen LogP contribution is 2.33. The Hall–Kier alpha value is -2.01. The molecule has 1 aromatic carbocycles. The van der Waals surface area contributed by atoms with Crippen molar-refractivity contribution in [2.75, 3.05) is 0 Å². The summed E-state index contributed by atoms with van der Waals surface area (Å²) in [6.45, 7) is 0. The molecule has 0 bridgehead atoms. The van der Waals surface area contributed by atoms with E-state index in [-0.39, 0.29) is 10.6 Å². The van der Waals surface area contributed by atoms with E-state index in [9.17, 15) is 10.1 Å². The minimum absolute atomic E-state index is 0.115. The van der Waals surface area contributed by atoms with Crippen LogP contribution in [0.4, 0.5) is 5.69 Å². The van der Waals surface area contributed by atoms with Crippen LogP contribution in [0, 0.1) is 10.1 Å². The molecule has 114 valence electrons. The van der Waals surface area contributed by atoms with Crippen molar-refractivity contribution in [2.24, 2.45) is 0 Å². The number of non-ortho nitro benzene ring substituents is 1. The third kappa shape index (κ3) is 3.60. The smallest absolute Gasteiger partial charge is 0.258 e. The Balaban J connectivity index is 1.71. The molecule has 1 fully saturated rings. The van der Waals surface area contributed by atoms with E-state index in [1.807, 2.05) is 18.2 Å². The molecule has 1 heterocycles. The van der Waals surface area contributed by atoms with Crippen LogP contribution in [0.5, 0.6) is 0 Å². The van der Waals surface area contributed by atoms with E-state index in [1.165, 1.54) is 43.9 Å². The molecule has 2 aromatic rings. The lowest BCUT2D eigenvalue weighted by atomic mass is 9.87. The van der Waals surface area contributed by atoms with Gasteiger partial charge in [-0.3, -0.25) is 10.1 Å². The van der Waals surface area contributed by atoms with Crippen molar-refractivity contribution in [1.29, 1.82) is 0 Å². The van der Waals surface area contributed by atoms with Crippen molar-refractivity contribution in [3.05, 3.63) is 56.0 Å². The van der Waals surface area contributed by atoms with Crippen LogP contribution in [0.3, 0.4) is 0 Å². The largest absolute Gasteiger partial charge is 0.270 e. The van der Waals surface area contributed by atoms with Crippen LogP contribution in [0.1, 0.15) is 54.3 Å². The summed E-state index contributed by atoms with van der Waals surface area (Å²) in [6, 6.07) is 6.64. The van der Waals surface area contributed by atoms with Gasteiger partial charge in [0.2, 0.25) is 0 Å². The fourth-order valence-electron chi connectivity index (χ4n) is 2.87. The minimum atomic E-state index is -0.373. The van der Waals surface area contributed by atoms with Crippen LogP contribution in [0.2, 0.25) is 0 Å². The van der Waals surface area contributed by atoms with Gasteiger partial charge < -0.3 is 0 Å². The molecule has 3 rings (SSSR count). The highest BCUT2D eigenvalue weighted by Gasteiger charge is 2.17. The zero-order valence-electron chi connectivity index (χ0n) is 12.3. The molecule has 0 radical (unpaired) electrons. The van der Waals surface area contributed by atoms with Crippen molar-refractivity contribution in [2.45, 2.75) is 38.0 Å². The lowest BCUT2D eigenvalue weighted by molar-refractivity contribution is -0.384.